The van der Waals surface area contributed by atoms with Gasteiger partial charge in [-0.05, 0) is 38.8 Å². The first kappa shape index (κ1) is 13.8. The Morgan fingerprint density at radius 3 is 2.12 bits per heavy atom. The molecule has 2 heterocycles. The van der Waals surface area contributed by atoms with Crippen LogP contribution in [-0.4, -0.2) is 37.0 Å². The number of piperidine rings is 1. The van der Waals surface area contributed by atoms with Crippen LogP contribution in [0, 0.1) is 5.92 Å². The van der Waals surface area contributed by atoms with Crippen molar-refractivity contribution >= 4 is 18.3 Å². The molecule has 2 aliphatic rings. The first-order valence-electron chi connectivity index (χ1n) is 6.37. The second-order valence-electron chi connectivity index (χ2n) is 4.76. The number of carbonyl (C=O) groups is 1. The van der Waals surface area contributed by atoms with Crippen LogP contribution in [0.4, 0.5) is 0 Å². The van der Waals surface area contributed by atoms with E-state index in [1.165, 1.54) is 25.7 Å². The molecule has 0 aromatic carbocycles. The van der Waals surface area contributed by atoms with E-state index in [1.54, 1.807) is 0 Å². The average Bonchev–Trinajstić information content (AvgIpc) is 2.58. The second kappa shape index (κ2) is 7.13. The van der Waals surface area contributed by atoms with E-state index in [1.807, 2.05) is 0 Å². The summed E-state index contributed by atoms with van der Waals surface area (Å²) in [5.74, 6) is 0.739. The predicted octanol–water partition coefficient (Wildman–Crippen LogP) is 1.81. The fourth-order valence-corrected chi connectivity index (χ4v) is 2.62. The topological polar surface area (TPSA) is 32.3 Å². The highest BCUT2D eigenvalue weighted by atomic mass is 35.5. The van der Waals surface area contributed by atoms with Crippen molar-refractivity contribution in [3.8, 4) is 0 Å². The molecule has 1 amide bonds. The maximum absolute atomic E-state index is 12.2. The Kier molecular flexibility index (Phi) is 6.14. The van der Waals surface area contributed by atoms with Crippen LogP contribution in [0.2, 0.25) is 0 Å². The lowest BCUT2D eigenvalue weighted by Crippen LogP contribution is -2.41. The van der Waals surface area contributed by atoms with Crippen LogP contribution in [-0.2, 0) is 4.79 Å². The van der Waals surface area contributed by atoms with Crippen LogP contribution in [0.3, 0.4) is 0 Å². The highest BCUT2D eigenvalue weighted by molar-refractivity contribution is 5.85. The first-order chi connectivity index (χ1) is 7.38. The molecule has 0 aromatic heterocycles. The number of amides is 1. The van der Waals surface area contributed by atoms with Gasteiger partial charge in [0.05, 0.1) is 0 Å². The number of likely N-dealkylation sites (tertiary alicyclic amines) is 1. The maximum atomic E-state index is 12.2. The van der Waals surface area contributed by atoms with Crippen LogP contribution in [0.1, 0.15) is 38.5 Å². The largest absolute Gasteiger partial charge is 0.342 e. The smallest absolute Gasteiger partial charge is 0.225 e. The van der Waals surface area contributed by atoms with E-state index in [9.17, 15) is 4.79 Å². The van der Waals surface area contributed by atoms with Gasteiger partial charge in [-0.15, -0.1) is 12.4 Å². The Balaban J connectivity index is 0.00000128. The molecule has 0 aromatic rings. The summed E-state index contributed by atoms with van der Waals surface area (Å²) in [5.41, 5.74) is 0. The molecule has 4 heteroatoms. The van der Waals surface area contributed by atoms with Gasteiger partial charge >= 0.3 is 0 Å². The fourth-order valence-electron chi connectivity index (χ4n) is 2.62. The van der Waals surface area contributed by atoms with Crippen LogP contribution >= 0.6 is 12.4 Å². The quantitative estimate of drug-likeness (QED) is 0.766. The van der Waals surface area contributed by atoms with Crippen molar-refractivity contribution in [1.82, 2.24) is 10.2 Å². The van der Waals surface area contributed by atoms with Gasteiger partial charge in [-0.3, -0.25) is 4.79 Å². The molecule has 16 heavy (non-hydrogen) atoms. The van der Waals surface area contributed by atoms with Crippen molar-refractivity contribution in [3.05, 3.63) is 0 Å². The Hall–Kier alpha value is -0.280. The highest BCUT2D eigenvalue weighted by Gasteiger charge is 2.25. The van der Waals surface area contributed by atoms with E-state index >= 15 is 0 Å². The van der Waals surface area contributed by atoms with Gasteiger partial charge in [0.1, 0.15) is 0 Å². The third kappa shape index (κ3) is 3.63. The molecule has 3 nitrogen and oxygen atoms in total. The van der Waals surface area contributed by atoms with E-state index in [2.05, 4.69) is 10.2 Å². The predicted molar refractivity (Wildman–Crippen MR) is 67.9 cm³/mol. The summed E-state index contributed by atoms with van der Waals surface area (Å²) in [4.78, 5) is 14.3. The SMILES string of the molecule is Cl.O=C(C1CCNCC1)N1CCCCCC1. The average molecular weight is 247 g/mol. The molecule has 94 valence electrons. The van der Waals surface area contributed by atoms with Gasteiger partial charge in [-0.2, -0.15) is 0 Å². The number of hydrogen-bond donors (Lipinski definition) is 1. The van der Waals surface area contributed by atoms with Crippen molar-refractivity contribution < 1.29 is 4.79 Å². The molecule has 0 aliphatic carbocycles. The standard InChI is InChI=1S/C12H22N2O.ClH/c15-12(11-5-7-13-8-6-11)14-9-3-1-2-4-10-14;/h11,13H,1-10H2;1H. The molecule has 1 N–H and O–H groups in total. The van der Waals surface area contributed by atoms with Crippen LogP contribution in [0.5, 0.6) is 0 Å². The van der Waals surface area contributed by atoms with E-state index in [-0.39, 0.29) is 12.4 Å². The number of nitrogens with one attached hydrogen (secondary N) is 1. The van der Waals surface area contributed by atoms with E-state index < -0.39 is 0 Å². The lowest BCUT2D eigenvalue weighted by molar-refractivity contribution is -0.136. The zero-order chi connectivity index (χ0) is 10.5. The van der Waals surface area contributed by atoms with Gasteiger partial charge in [-0.1, -0.05) is 12.8 Å². The van der Waals surface area contributed by atoms with Crippen LogP contribution in [0.25, 0.3) is 0 Å². The Morgan fingerprint density at radius 2 is 1.56 bits per heavy atom. The molecule has 2 saturated heterocycles. The van der Waals surface area contributed by atoms with Crippen LogP contribution in [0.15, 0.2) is 0 Å². The Labute approximate surface area is 104 Å². The highest BCUT2D eigenvalue weighted by Crippen LogP contribution is 2.18. The molecule has 0 radical (unpaired) electrons. The minimum atomic E-state index is 0. The van der Waals surface area contributed by atoms with E-state index in [4.69, 9.17) is 0 Å². The summed E-state index contributed by atoms with van der Waals surface area (Å²) in [6.45, 7) is 4.04. The van der Waals surface area contributed by atoms with Gasteiger partial charge in [0, 0.05) is 19.0 Å². The number of hydrogen-bond acceptors (Lipinski definition) is 2. The van der Waals surface area contributed by atoms with Crippen molar-refractivity contribution in [1.29, 1.82) is 0 Å². The Morgan fingerprint density at radius 1 is 1.00 bits per heavy atom. The summed E-state index contributed by atoms with van der Waals surface area (Å²) in [6.07, 6.45) is 7.09. The summed E-state index contributed by atoms with van der Waals surface area (Å²) in [7, 11) is 0. The minimum Gasteiger partial charge on any atom is -0.342 e. The number of halogens is 1. The van der Waals surface area contributed by atoms with Gasteiger partial charge in [0.15, 0.2) is 0 Å². The number of rotatable bonds is 1. The third-order valence-corrected chi connectivity index (χ3v) is 3.61. The number of carbonyl (C=O) groups excluding carboxylic acids is 1. The lowest BCUT2D eigenvalue weighted by atomic mass is 9.96. The lowest BCUT2D eigenvalue weighted by Gasteiger charge is -2.28. The zero-order valence-electron chi connectivity index (χ0n) is 9.91. The Bertz CT molecular complexity index is 209. The van der Waals surface area contributed by atoms with Crippen molar-refractivity contribution in [2.24, 2.45) is 5.92 Å². The monoisotopic (exact) mass is 246 g/mol. The molecule has 2 fully saturated rings. The molecule has 0 spiro atoms. The maximum Gasteiger partial charge on any atom is 0.225 e. The summed E-state index contributed by atoms with van der Waals surface area (Å²) in [6, 6.07) is 0. The summed E-state index contributed by atoms with van der Waals surface area (Å²) in [5, 5.41) is 3.31. The minimum absolute atomic E-state index is 0. The molecule has 0 bridgehead atoms. The molecule has 0 atom stereocenters. The second-order valence-corrected chi connectivity index (χ2v) is 4.76. The molecular formula is C12H23ClN2O. The van der Waals surface area contributed by atoms with E-state index in [0.717, 1.165) is 39.0 Å². The van der Waals surface area contributed by atoms with E-state index in [0.29, 0.717) is 11.8 Å². The van der Waals surface area contributed by atoms with Gasteiger partial charge in [0.25, 0.3) is 0 Å². The molecule has 2 aliphatic heterocycles. The van der Waals surface area contributed by atoms with Crippen molar-refractivity contribution in [2.45, 2.75) is 38.5 Å². The zero-order valence-corrected chi connectivity index (χ0v) is 10.7. The first-order valence-corrected chi connectivity index (χ1v) is 6.37. The molecule has 0 saturated carbocycles. The molecule has 2 rings (SSSR count). The van der Waals surface area contributed by atoms with Gasteiger partial charge in [-0.25, -0.2) is 0 Å². The van der Waals surface area contributed by atoms with Crippen molar-refractivity contribution in [3.63, 3.8) is 0 Å². The normalized spacial score (nSPS) is 23.4. The number of nitrogens with zero attached hydrogens (tertiary/aromatic N) is 1. The summed E-state index contributed by atoms with van der Waals surface area (Å²) >= 11 is 0. The van der Waals surface area contributed by atoms with Crippen molar-refractivity contribution in [2.75, 3.05) is 26.2 Å². The molecule has 0 unspecified atom stereocenters. The fraction of sp³-hybridized carbons (Fsp3) is 0.917. The molecular weight excluding hydrogens is 224 g/mol. The summed E-state index contributed by atoms with van der Waals surface area (Å²) < 4.78 is 0. The van der Waals surface area contributed by atoms with Gasteiger partial charge in [0.2, 0.25) is 5.91 Å². The van der Waals surface area contributed by atoms with Crippen LogP contribution < -0.4 is 5.32 Å². The third-order valence-electron chi connectivity index (χ3n) is 3.61. The van der Waals surface area contributed by atoms with Gasteiger partial charge < -0.3 is 10.2 Å².